The zero-order valence-corrected chi connectivity index (χ0v) is 14.5. The predicted molar refractivity (Wildman–Crippen MR) is 86.7 cm³/mol. The Hall–Kier alpha value is -0.610. The molecule has 0 aliphatic heterocycles. The van der Waals surface area contributed by atoms with Crippen LogP contribution >= 0.6 is 0 Å². The van der Waals surface area contributed by atoms with Crippen LogP contribution in [0.4, 0.5) is 0 Å². The maximum absolute atomic E-state index is 11.9. The fourth-order valence-electron chi connectivity index (χ4n) is 2.85. The van der Waals surface area contributed by atoms with Crippen LogP contribution in [0.15, 0.2) is 0 Å². The van der Waals surface area contributed by atoms with E-state index < -0.39 is 5.54 Å². The van der Waals surface area contributed by atoms with Crippen LogP contribution in [0, 0.1) is 5.92 Å². The quantitative estimate of drug-likeness (QED) is 0.648. The van der Waals surface area contributed by atoms with Gasteiger partial charge in [-0.1, -0.05) is 27.7 Å². The summed E-state index contributed by atoms with van der Waals surface area (Å²) in [6, 6.07) is 0.736. The molecule has 0 saturated heterocycles. The number of nitrogens with one attached hydrogen (secondary N) is 1. The maximum atomic E-state index is 11.9. The molecule has 0 aromatic carbocycles. The molecule has 3 N–H and O–H groups in total. The summed E-state index contributed by atoms with van der Waals surface area (Å²) in [6.45, 7) is 16.5. The van der Waals surface area contributed by atoms with Crippen molar-refractivity contribution in [3.8, 4) is 0 Å². The van der Waals surface area contributed by atoms with Crippen molar-refractivity contribution in [1.29, 1.82) is 0 Å². The normalized spacial score (nSPS) is 15.3. The minimum Gasteiger partial charge on any atom is -0.368 e. The Bertz CT molecular complexity index is 287. The van der Waals surface area contributed by atoms with E-state index in [-0.39, 0.29) is 11.9 Å². The molecule has 0 bridgehead atoms. The molecule has 4 nitrogen and oxygen atoms in total. The average Bonchev–Trinajstić information content (AvgIpc) is 2.28. The van der Waals surface area contributed by atoms with Gasteiger partial charge in [0.1, 0.15) is 5.54 Å². The van der Waals surface area contributed by atoms with E-state index in [0.29, 0.717) is 18.5 Å². The third kappa shape index (κ3) is 6.23. The number of carbonyl (C=O) groups excluding carboxylic acids is 1. The van der Waals surface area contributed by atoms with Crippen LogP contribution in [0.1, 0.15) is 61.3 Å². The second-order valence-electron chi connectivity index (χ2n) is 6.79. The van der Waals surface area contributed by atoms with E-state index in [2.05, 4.69) is 37.9 Å². The number of hydrogen-bond donors (Lipinski definition) is 2. The van der Waals surface area contributed by atoms with Crippen LogP contribution in [0.25, 0.3) is 0 Å². The number of amides is 1. The number of hydrogen-bond acceptors (Lipinski definition) is 3. The molecule has 1 amide bonds. The van der Waals surface area contributed by atoms with Gasteiger partial charge in [0.25, 0.3) is 0 Å². The summed E-state index contributed by atoms with van der Waals surface area (Å²) in [5.74, 6) is 0.303. The van der Waals surface area contributed by atoms with Crippen LogP contribution in [0.2, 0.25) is 0 Å². The van der Waals surface area contributed by atoms with E-state index >= 15 is 0 Å². The van der Waals surface area contributed by atoms with E-state index in [4.69, 9.17) is 5.73 Å². The van der Waals surface area contributed by atoms with Gasteiger partial charge in [-0.25, -0.2) is 0 Å². The summed E-state index contributed by atoms with van der Waals surface area (Å²) in [4.78, 5) is 14.3. The zero-order valence-electron chi connectivity index (χ0n) is 14.5. The molecular formula is C16H35N3O. The molecule has 1 unspecified atom stereocenters. The zero-order chi connectivity index (χ0) is 15.9. The highest BCUT2D eigenvalue weighted by atomic mass is 16.1. The fraction of sp³-hybridized carbons (Fsp3) is 0.938. The predicted octanol–water partition coefficient (Wildman–Crippen LogP) is 2.37. The summed E-state index contributed by atoms with van der Waals surface area (Å²) in [6.07, 6.45) is 2.19. The molecule has 0 saturated carbocycles. The average molecular weight is 285 g/mol. The smallest absolute Gasteiger partial charge is 0.238 e. The first-order valence-corrected chi connectivity index (χ1v) is 7.97. The van der Waals surface area contributed by atoms with Crippen LogP contribution in [-0.2, 0) is 4.79 Å². The summed E-state index contributed by atoms with van der Waals surface area (Å²) in [5.41, 5.74) is 4.98. The molecule has 0 aliphatic carbocycles. The van der Waals surface area contributed by atoms with Crippen molar-refractivity contribution in [3.05, 3.63) is 0 Å². The summed E-state index contributed by atoms with van der Waals surface area (Å²) >= 11 is 0. The van der Waals surface area contributed by atoms with Crippen molar-refractivity contribution in [2.45, 2.75) is 78.9 Å². The van der Waals surface area contributed by atoms with Gasteiger partial charge in [0.2, 0.25) is 5.91 Å². The molecule has 0 fully saturated rings. The number of carbonyl (C=O) groups is 1. The van der Waals surface area contributed by atoms with E-state index in [1.165, 1.54) is 0 Å². The monoisotopic (exact) mass is 285 g/mol. The van der Waals surface area contributed by atoms with Gasteiger partial charge < -0.3 is 11.1 Å². The largest absolute Gasteiger partial charge is 0.368 e. The van der Waals surface area contributed by atoms with E-state index in [0.717, 1.165) is 19.4 Å². The highest BCUT2D eigenvalue weighted by Crippen LogP contribution is 2.16. The van der Waals surface area contributed by atoms with Crippen molar-refractivity contribution in [1.82, 2.24) is 10.2 Å². The lowest BCUT2D eigenvalue weighted by molar-refractivity contribution is -0.125. The van der Waals surface area contributed by atoms with E-state index in [1.807, 2.05) is 20.8 Å². The number of nitrogens with two attached hydrogens (primary N) is 1. The van der Waals surface area contributed by atoms with Gasteiger partial charge in [-0.2, -0.15) is 0 Å². The standard InChI is InChI=1S/C16H35N3O/c1-8-14(9-2)19(10-12(3)4)11-16(7,15(17)20)18-13(5)6/h12-14,18H,8-11H2,1-7H3,(H2,17,20). The molecule has 120 valence electrons. The highest BCUT2D eigenvalue weighted by molar-refractivity contribution is 5.84. The Morgan fingerprint density at radius 2 is 1.70 bits per heavy atom. The van der Waals surface area contributed by atoms with Crippen molar-refractivity contribution in [3.63, 3.8) is 0 Å². The van der Waals surface area contributed by atoms with Gasteiger partial charge in [-0.15, -0.1) is 0 Å². The SMILES string of the molecule is CCC(CC)N(CC(C)C)CC(C)(NC(C)C)C(N)=O. The number of rotatable bonds is 10. The van der Waals surface area contributed by atoms with Crippen molar-refractivity contribution in [2.24, 2.45) is 11.7 Å². The molecule has 0 aromatic rings. The van der Waals surface area contributed by atoms with Crippen LogP contribution in [0.3, 0.4) is 0 Å². The van der Waals surface area contributed by atoms with Crippen LogP contribution in [-0.4, -0.2) is 41.5 Å². The van der Waals surface area contributed by atoms with Crippen molar-refractivity contribution < 1.29 is 4.79 Å². The highest BCUT2D eigenvalue weighted by Gasteiger charge is 2.35. The first kappa shape index (κ1) is 19.4. The summed E-state index contributed by atoms with van der Waals surface area (Å²) < 4.78 is 0. The van der Waals surface area contributed by atoms with Gasteiger partial charge in [0.15, 0.2) is 0 Å². The summed E-state index contributed by atoms with van der Waals surface area (Å²) in [5, 5.41) is 3.35. The van der Waals surface area contributed by atoms with E-state index in [9.17, 15) is 4.79 Å². The first-order chi connectivity index (χ1) is 9.16. The van der Waals surface area contributed by atoms with Crippen LogP contribution in [0.5, 0.6) is 0 Å². The van der Waals surface area contributed by atoms with Crippen LogP contribution < -0.4 is 11.1 Å². The third-order valence-electron chi connectivity index (χ3n) is 3.73. The van der Waals surface area contributed by atoms with Gasteiger partial charge in [0, 0.05) is 25.2 Å². The molecule has 0 heterocycles. The van der Waals surface area contributed by atoms with Crippen molar-refractivity contribution in [2.75, 3.05) is 13.1 Å². The minimum atomic E-state index is -0.675. The Kier molecular flexibility index (Phi) is 8.36. The Labute approximate surface area is 125 Å². The molecule has 0 spiro atoms. The Morgan fingerprint density at radius 3 is 2.00 bits per heavy atom. The lowest BCUT2D eigenvalue weighted by Gasteiger charge is -2.39. The Balaban J connectivity index is 5.10. The van der Waals surface area contributed by atoms with E-state index in [1.54, 1.807) is 0 Å². The molecule has 0 aromatic heterocycles. The van der Waals surface area contributed by atoms with Gasteiger partial charge in [-0.3, -0.25) is 9.69 Å². The molecule has 4 heteroatoms. The molecule has 0 rings (SSSR count). The minimum absolute atomic E-state index is 0.232. The topological polar surface area (TPSA) is 58.4 Å². The summed E-state index contributed by atoms with van der Waals surface area (Å²) in [7, 11) is 0. The molecular weight excluding hydrogens is 250 g/mol. The van der Waals surface area contributed by atoms with Gasteiger partial charge in [-0.05, 0) is 39.5 Å². The second kappa shape index (κ2) is 8.63. The molecule has 0 aliphatic rings. The maximum Gasteiger partial charge on any atom is 0.238 e. The Morgan fingerprint density at radius 1 is 1.20 bits per heavy atom. The first-order valence-electron chi connectivity index (χ1n) is 7.97. The number of nitrogens with zero attached hydrogens (tertiary/aromatic N) is 1. The lowest BCUT2D eigenvalue weighted by atomic mass is 9.96. The van der Waals surface area contributed by atoms with Gasteiger partial charge >= 0.3 is 0 Å². The molecule has 0 radical (unpaired) electrons. The van der Waals surface area contributed by atoms with Crippen molar-refractivity contribution >= 4 is 5.91 Å². The third-order valence-corrected chi connectivity index (χ3v) is 3.73. The van der Waals surface area contributed by atoms with Gasteiger partial charge in [0.05, 0.1) is 0 Å². The lowest BCUT2D eigenvalue weighted by Crippen LogP contribution is -2.62. The molecule has 1 atom stereocenters. The molecule has 20 heavy (non-hydrogen) atoms. The second-order valence-corrected chi connectivity index (χ2v) is 6.79. The fourth-order valence-corrected chi connectivity index (χ4v) is 2.85. The number of primary amides is 1.